The summed E-state index contributed by atoms with van der Waals surface area (Å²) < 4.78 is 3.62. The fourth-order valence-electron chi connectivity index (χ4n) is 2.49. The van der Waals surface area contributed by atoms with Gasteiger partial charge in [-0.05, 0) is 35.5 Å². The van der Waals surface area contributed by atoms with Gasteiger partial charge in [-0.1, -0.05) is 13.0 Å². The van der Waals surface area contributed by atoms with Gasteiger partial charge in [0.1, 0.15) is 5.82 Å². The zero-order chi connectivity index (χ0) is 16.9. The third-order valence-electron chi connectivity index (χ3n) is 3.70. The van der Waals surface area contributed by atoms with E-state index >= 15 is 0 Å². The van der Waals surface area contributed by atoms with Crippen molar-refractivity contribution in [1.29, 1.82) is 0 Å². The largest absolute Gasteiger partial charge is 0.334 e. The molecule has 8 nitrogen and oxygen atoms in total. The van der Waals surface area contributed by atoms with E-state index in [9.17, 15) is 4.79 Å². The highest BCUT2D eigenvalue weighted by Gasteiger charge is 2.08. The first-order chi connectivity index (χ1) is 11.7. The normalized spacial score (nSPS) is 10.8. The van der Waals surface area contributed by atoms with Gasteiger partial charge in [-0.2, -0.15) is 4.68 Å². The number of carbonyl (C=O) groups is 1. The standard InChI is InChI=1S/C16H19N7O/c1-3-15-17-8-10-22(15)9-7-16(24)18-13-5-4-6-14(11-13)23-12(2)19-20-21-23/h4-6,8,10-11H,3,7,9H2,1-2H3,(H,18,24). The molecule has 2 heterocycles. The van der Waals surface area contributed by atoms with Crippen molar-refractivity contribution in [2.24, 2.45) is 0 Å². The van der Waals surface area contributed by atoms with Crippen molar-refractivity contribution >= 4 is 11.6 Å². The molecule has 0 aliphatic rings. The Kier molecular flexibility index (Phi) is 4.64. The highest BCUT2D eigenvalue weighted by atomic mass is 16.1. The van der Waals surface area contributed by atoms with Gasteiger partial charge in [0.15, 0.2) is 5.82 Å². The molecule has 3 aromatic rings. The maximum atomic E-state index is 12.2. The molecule has 0 spiro atoms. The number of anilines is 1. The number of carbonyl (C=O) groups excluding carboxylic acids is 1. The van der Waals surface area contributed by atoms with E-state index < -0.39 is 0 Å². The number of amides is 1. The molecule has 3 rings (SSSR count). The van der Waals surface area contributed by atoms with Gasteiger partial charge in [-0.25, -0.2) is 4.98 Å². The van der Waals surface area contributed by atoms with Gasteiger partial charge in [-0.3, -0.25) is 4.79 Å². The monoisotopic (exact) mass is 325 g/mol. The van der Waals surface area contributed by atoms with Gasteiger partial charge in [0.25, 0.3) is 0 Å². The van der Waals surface area contributed by atoms with Crippen molar-refractivity contribution < 1.29 is 4.79 Å². The first-order valence-corrected chi connectivity index (χ1v) is 7.82. The average Bonchev–Trinajstić information content (AvgIpc) is 3.21. The summed E-state index contributed by atoms with van der Waals surface area (Å²) in [5.41, 5.74) is 1.52. The summed E-state index contributed by atoms with van der Waals surface area (Å²) in [6.07, 6.45) is 4.89. The molecule has 0 saturated heterocycles. The molecule has 2 aromatic heterocycles. The van der Waals surface area contributed by atoms with Crippen LogP contribution in [0, 0.1) is 6.92 Å². The first-order valence-electron chi connectivity index (χ1n) is 7.82. The van der Waals surface area contributed by atoms with Gasteiger partial charge < -0.3 is 9.88 Å². The molecule has 24 heavy (non-hydrogen) atoms. The lowest BCUT2D eigenvalue weighted by Gasteiger charge is -2.09. The smallest absolute Gasteiger partial charge is 0.226 e. The highest BCUT2D eigenvalue weighted by Crippen LogP contribution is 2.15. The number of benzene rings is 1. The van der Waals surface area contributed by atoms with Crippen LogP contribution in [0.5, 0.6) is 0 Å². The summed E-state index contributed by atoms with van der Waals surface area (Å²) in [6.45, 7) is 4.48. The fraction of sp³-hybridized carbons (Fsp3) is 0.312. The molecule has 1 amide bonds. The minimum absolute atomic E-state index is 0.0451. The maximum Gasteiger partial charge on any atom is 0.226 e. The van der Waals surface area contributed by atoms with Gasteiger partial charge in [0.05, 0.1) is 5.69 Å². The number of aromatic nitrogens is 6. The third-order valence-corrected chi connectivity index (χ3v) is 3.70. The van der Waals surface area contributed by atoms with E-state index in [1.807, 2.05) is 48.9 Å². The molecule has 8 heteroatoms. The Balaban J connectivity index is 1.63. The summed E-state index contributed by atoms with van der Waals surface area (Å²) in [4.78, 5) is 16.4. The highest BCUT2D eigenvalue weighted by molar-refractivity contribution is 5.90. The van der Waals surface area contributed by atoms with E-state index in [4.69, 9.17) is 0 Å². The topological polar surface area (TPSA) is 90.5 Å². The molecular weight excluding hydrogens is 306 g/mol. The Morgan fingerprint density at radius 3 is 2.96 bits per heavy atom. The number of imidazole rings is 1. The average molecular weight is 325 g/mol. The fourth-order valence-corrected chi connectivity index (χ4v) is 2.49. The molecule has 0 saturated carbocycles. The van der Waals surface area contributed by atoms with E-state index in [-0.39, 0.29) is 5.91 Å². The molecule has 0 fully saturated rings. The Morgan fingerprint density at radius 2 is 2.21 bits per heavy atom. The van der Waals surface area contributed by atoms with Crippen LogP contribution in [0.25, 0.3) is 5.69 Å². The number of nitrogens with one attached hydrogen (secondary N) is 1. The van der Waals surface area contributed by atoms with Crippen LogP contribution >= 0.6 is 0 Å². The van der Waals surface area contributed by atoms with Crippen LogP contribution in [-0.2, 0) is 17.8 Å². The van der Waals surface area contributed by atoms with Crippen LogP contribution in [0.3, 0.4) is 0 Å². The van der Waals surface area contributed by atoms with Crippen molar-refractivity contribution in [2.45, 2.75) is 33.2 Å². The van der Waals surface area contributed by atoms with Gasteiger partial charge in [0.2, 0.25) is 5.91 Å². The molecule has 124 valence electrons. The first kappa shape index (κ1) is 15.9. The van der Waals surface area contributed by atoms with Crippen LogP contribution in [0.1, 0.15) is 25.0 Å². The van der Waals surface area contributed by atoms with Gasteiger partial charge >= 0.3 is 0 Å². The summed E-state index contributed by atoms with van der Waals surface area (Å²) >= 11 is 0. The van der Waals surface area contributed by atoms with Crippen molar-refractivity contribution in [1.82, 2.24) is 29.8 Å². The predicted octanol–water partition coefficient (Wildman–Crippen LogP) is 1.76. The molecule has 1 N–H and O–H groups in total. The second-order valence-corrected chi connectivity index (χ2v) is 5.38. The van der Waals surface area contributed by atoms with Gasteiger partial charge in [0, 0.05) is 37.5 Å². The van der Waals surface area contributed by atoms with Crippen LogP contribution in [-0.4, -0.2) is 35.7 Å². The minimum Gasteiger partial charge on any atom is -0.334 e. The molecule has 0 radical (unpaired) electrons. The Morgan fingerprint density at radius 1 is 1.33 bits per heavy atom. The van der Waals surface area contributed by atoms with E-state index in [2.05, 4.69) is 25.8 Å². The van der Waals surface area contributed by atoms with Crippen LogP contribution < -0.4 is 5.32 Å². The Labute approximate surface area is 139 Å². The molecule has 1 aromatic carbocycles. The molecule has 0 aliphatic carbocycles. The lowest BCUT2D eigenvalue weighted by atomic mass is 10.2. The summed E-state index contributed by atoms with van der Waals surface area (Å²) in [7, 11) is 0. The number of hydrogen-bond acceptors (Lipinski definition) is 5. The van der Waals surface area contributed by atoms with Crippen molar-refractivity contribution in [2.75, 3.05) is 5.32 Å². The lowest BCUT2D eigenvalue weighted by Crippen LogP contribution is -2.15. The molecule has 0 aliphatic heterocycles. The molecular formula is C16H19N7O. The zero-order valence-corrected chi connectivity index (χ0v) is 13.7. The van der Waals surface area contributed by atoms with Crippen molar-refractivity contribution in [3.8, 4) is 5.69 Å². The third kappa shape index (κ3) is 3.48. The molecule has 0 unspecified atom stereocenters. The number of aryl methyl sites for hydroxylation is 3. The van der Waals surface area contributed by atoms with E-state index in [0.717, 1.165) is 17.9 Å². The van der Waals surface area contributed by atoms with Crippen molar-refractivity contribution in [3.63, 3.8) is 0 Å². The number of rotatable bonds is 6. The van der Waals surface area contributed by atoms with Crippen LogP contribution in [0.2, 0.25) is 0 Å². The summed E-state index contributed by atoms with van der Waals surface area (Å²) in [5.74, 6) is 1.63. The van der Waals surface area contributed by atoms with Crippen LogP contribution in [0.15, 0.2) is 36.7 Å². The molecule has 0 atom stereocenters. The SMILES string of the molecule is CCc1nccn1CCC(=O)Nc1cccc(-n2nnnc2C)c1. The summed E-state index contributed by atoms with van der Waals surface area (Å²) in [6, 6.07) is 7.43. The molecule has 0 bridgehead atoms. The van der Waals surface area contributed by atoms with Crippen molar-refractivity contribution in [3.05, 3.63) is 48.3 Å². The Hall–Kier alpha value is -3.03. The second-order valence-electron chi connectivity index (χ2n) is 5.38. The van der Waals surface area contributed by atoms with E-state index in [1.54, 1.807) is 10.9 Å². The quantitative estimate of drug-likeness (QED) is 0.746. The zero-order valence-electron chi connectivity index (χ0n) is 13.7. The van der Waals surface area contributed by atoms with Gasteiger partial charge in [-0.15, -0.1) is 5.10 Å². The number of tetrazole rings is 1. The lowest BCUT2D eigenvalue weighted by molar-refractivity contribution is -0.116. The van der Waals surface area contributed by atoms with E-state index in [0.29, 0.717) is 24.5 Å². The number of hydrogen-bond donors (Lipinski definition) is 1. The maximum absolute atomic E-state index is 12.2. The van der Waals surface area contributed by atoms with E-state index in [1.165, 1.54) is 0 Å². The van der Waals surface area contributed by atoms with Crippen LogP contribution in [0.4, 0.5) is 5.69 Å². The summed E-state index contributed by atoms with van der Waals surface area (Å²) in [5, 5.41) is 14.3. The second kappa shape index (κ2) is 7.03. The number of nitrogens with zero attached hydrogens (tertiary/aromatic N) is 6. The Bertz CT molecular complexity index is 836. The minimum atomic E-state index is -0.0451. The predicted molar refractivity (Wildman–Crippen MR) is 88.7 cm³/mol.